The fourth-order valence-electron chi connectivity index (χ4n) is 4.94. The molecule has 0 aromatic rings. The van der Waals surface area contributed by atoms with E-state index in [0.29, 0.717) is 5.57 Å². The smallest absolute Gasteiger partial charge is 0.343 e. The van der Waals surface area contributed by atoms with Crippen molar-refractivity contribution >= 4 is 11.9 Å². The summed E-state index contributed by atoms with van der Waals surface area (Å²) in [4.78, 5) is 24.3. The van der Waals surface area contributed by atoms with Gasteiger partial charge in [-0.3, -0.25) is 0 Å². The van der Waals surface area contributed by atoms with E-state index < -0.39 is 52.6 Å². The van der Waals surface area contributed by atoms with Gasteiger partial charge in [-0.15, -0.1) is 0 Å². The van der Waals surface area contributed by atoms with Gasteiger partial charge >= 0.3 is 11.9 Å². The first-order valence-electron chi connectivity index (χ1n) is 7.38. The van der Waals surface area contributed by atoms with Crippen LogP contribution < -0.4 is 0 Å². The van der Waals surface area contributed by atoms with Gasteiger partial charge in [-0.05, 0) is 18.4 Å². The second-order valence-electron chi connectivity index (χ2n) is 7.11. The molecule has 1 saturated carbocycles. The van der Waals surface area contributed by atoms with E-state index in [9.17, 15) is 24.9 Å². The summed E-state index contributed by atoms with van der Waals surface area (Å²) in [7, 11) is 0. The van der Waals surface area contributed by atoms with E-state index in [2.05, 4.69) is 0 Å². The first-order chi connectivity index (χ1) is 10.2. The van der Waals surface area contributed by atoms with Crippen LogP contribution in [0.15, 0.2) is 11.6 Å². The predicted molar refractivity (Wildman–Crippen MR) is 70.2 cm³/mol. The van der Waals surface area contributed by atoms with Gasteiger partial charge in [0, 0.05) is 11.8 Å². The van der Waals surface area contributed by atoms with Crippen LogP contribution in [0.3, 0.4) is 0 Å². The molecule has 1 spiro atoms. The van der Waals surface area contributed by atoms with Crippen LogP contribution in [0.1, 0.15) is 20.3 Å². The van der Waals surface area contributed by atoms with Crippen molar-refractivity contribution in [2.24, 2.45) is 16.7 Å². The highest BCUT2D eigenvalue weighted by molar-refractivity contribution is 5.88. The molecule has 2 bridgehead atoms. The number of cyclic esters (lactones) is 1. The van der Waals surface area contributed by atoms with E-state index in [-0.39, 0.29) is 13.0 Å². The number of ether oxygens (including phenoxy) is 2. The standard InChI is InChI=1S/C15H18O7/c1-6-7(16)3-8-13(2)5-21-12(19)15(13,20)9-4-14(6,8)10(17)11(18)22-9/h3,6-7,9-10,16-17,20H,4-5H2,1-2H3/t6-,7-,9-,10?,13+,14-,15-/m1/s1. The Balaban J connectivity index is 2.00. The van der Waals surface area contributed by atoms with E-state index in [1.165, 1.54) is 0 Å². The molecule has 7 atom stereocenters. The first kappa shape index (κ1) is 14.2. The Morgan fingerprint density at radius 3 is 2.68 bits per heavy atom. The summed E-state index contributed by atoms with van der Waals surface area (Å²) in [6.45, 7) is 3.33. The van der Waals surface area contributed by atoms with Crippen LogP contribution in [0.2, 0.25) is 0 Å². The SMILES string of the molecule is C[C@@H]1[C@H](O)C=C2[C@]3(C)COC(=O)[C@]3(O)[C@H]3C[C@]21C(O)C(=O)O3. The van der Waals surface area contributed by atoms with Crippen molar-refractivity contribution in [3.05, 3.63) is 11.6 Å². The minimum absolute atomic E-state index is 0.0733. The number of aliphatic hydroxyl groups excluding tert-OH is 2. The molecule has 4 rings (SSSR count). The van der Waals surface area contributed by atoms with Gasteiger partial charge in [-0.1, -0.05) is 13.0 Å². The van der Waals surface area contributed by atoms with Gasteiger partial charge in [0.05, 0.1) is 11.5 Å². The highest BCUT2D eigenvalue weighted by Crippen LogP contribution is 2.67. The van der Waals surface area contributed by atoms with Crippen molar-refractivity contribution in [1.82, 2.24) is 0 Å². The average molecular weight is 310 g/mol. The lowest BCUT2D eigenvalue weighted by Gasteiger charge is -2.58. The van der Waals surface area contributed by atoms with Gasteiger partial charge in [0.2, 0.25) is 5.60 Å². The van der Waals surface area contributed by atoms with Crippen LogP contribution in [-0.4, -0.2) is 57.8 Å². The maximum atomic E-state index is 12.2. The number of hydrogen-bond acceptors (Lipinski definition) is 7. The monoisotopic (exact) mass is 310 g/mol. The second kappa shape index (κ2) is 3.72. The van der Waals surface area contributed by atoms with Crippen LogP contribution in [0.4, 0.5) is 0 Å². The molecule has 2 aliphatic carbocycles. The van der Waals surface area contributed by atoms with Gasteiger partial charge in [0.25, 0.3) is 0 Å². The predicted octanol–water partition coefficient (Wildman–Crippen LogP) is -1.11. The summed E-state index contributed by atoms with van der Waals surface area (Å²) in [6, 6.07) is 0. The average Bonchev–Trinajstić information content (AvgIpc) is 2.87. The summed E-state index contributed by atoms with van der Waals surface area (Å²) >= 11 is 0. The van der Waals surface area contributed by atoms with Gasteiger partial charge in [0.1, 0.15) is 12.7 Å². The van der Waals surface area contributed by atoms with Crippen molar-refractivity contribution < 1.29 is 34.4 Å². The van der Waals surface area contributed by atoms with E-state index in [0.717, 1.165) is 0 Å². The zero-order chi connectivity index (χ0) is 16.1. The molecular weight excluding hydrogens is 292 g/mol. The Labute approximate surface area is 126 Å². The van der Waals surface area contributed by atoms with Gasteiger partial charge in [0.15, 0.2) is 6.10 Å². The molecule has 7 heteroatoms. The van der Waals surface area contributed by atoms with Crippen molar-refractivity contribution in [2.75, 3.05) is 6.61 Å². The number of carbonyl (C=O) groups excluding carboxylic acids is 2. The Morgan fingerprint density at radius 2 is 2.00 bits per heavy atom. The van der Waals surface area contributed by atoms with Gasteiger partial charge < -0.3 is 24.8 Å². The Hall–Kier alpha value is -1.44. The molecule has 0 amide bonds. The third-order valence-electron chi connectivity index (χ3n) is 6.36. The van der Waals surface area contributed by atoms with Gasteiger partial charge in [-0.25, -0.2) is 9.59 Å². The number of fused-ring (bicyclic) bond motifs is 4. The lowest BCUT2D eigenvalue weighted by atomic mass is 9.49. The molecule has 0 aromatic carbocycles. The molecule has 120 valence electrons. The van der Waals surface area contributed by atoms with E-state index >= 15 is 0 Å². The normalized spacial score (nSPS) is 56.0. The topological polar surface area (TPSA) is 113 Å². The van der Waals surface area contributed by atoms with E-state index in [1.54, 1.807) is 19.9 Å². The quantitative estimate of drug-likeness (QED) is 0.384. The largest absolute Gasteiger partial charge is 0.462 e. The van der Waals surface area contributed by atoms with Crippen molar-refractivity contribution in [3.8, 4) is 0 Å². The number of carbonyl (C=O) groups is 2. The number of hydrogen-bond donors (Lipinski definition) is 3. The Kier molecular flexibility index (Phi) is 2.40. The highest BCUT2D eigenvalue weighted by Gasteiger charge is 2.78. The van der Waals surface area contributed by atoms with Crippen LogP contribution in [0, 0.1) is 16.7 Å². The zero-order valence-corrected chi connectivity index (χ0v) is 12.3. The molecule has 3 fully saturated rings. The van der Waals surface area contributed by atoms with Crippen molar-refractivity contribution in [3.63, 3.8) is 0 Å². The maximum absolute atomic E-state index is 12.2. The highest BCUT2D eigenvalue weighted by atomic mass is 16.6. The molecule has 7 nitrogen and oxygen atoms in total. The summed E-state index contributed by atoms with van der Waals surface area (Å²) in [5.41, 5.74) is -3.63. The Bertz CT molecular complexity index is 627. The minimum atomic E-state index is -1.98. The van der Waals surface area contributed by atoms with E-state index in [4.69, 9.17) is 9.47 Å². The number of aliphatic hydroxyl groups is 3. The molecule has 0 aromatic heterocycles. The Morgan fingerprint density at radius 1 is 1.32 bits per heavy atom. The molecule has 3 N–H and O–H groups in total. The molecule has 1 unspecified atom stereocenters. The summed E-state index contributed by atoms with van der Waals surface area (Å²) in [5, 5.41) is 31.8. The number of rotatable bonds is 0. The van der Waals surface area contributed by atoms with Gasteiger partial charge in [-0.2, -0.15) is 0 Å². The molecule has 22 heavy (non-hydrogen) atoms. The third-order valence-corrected chi connectivity index (χ3v) is 6.36. The lowest BCUT2D eigenvalue weighted by Crippen LogP contribution is -2.71. The maximum Gasteiger partial charge on any atom is 0.343 e. The van der Waals surface area contributed by atoms with Crippen molar-refractivity contribution in [2.45, 2.75) is 44.2 Å². The van der Waals surface area contributed by atoms with Crippen molar-refractivity contribution in [1.29, 1.82) is 0 Å². The number of esters is 2. The fourth-order valence-corrected chi connectivity index (χ4v) is 4.94. The zero-order valence-electron chi connectivity index (χ0n) is 12.3. The molecule has 0 radical (unpaired) electrons. The van der Waals surface area contributed by atoms with E-state index in [1.807, 2.05) is 0 Å². The minimum Gasteiger partial charge on any atom is -0.462 e. The molecule has 4 aliphatic rings. The summed E-state index contributed by atoms with van der Waals surface area (Å²) in [6.07, 6.45) is -1.75. The van der Waals surface area contributed by atoms with Crippen LogP contribution in [0.25, 0.3) is 0 Å². The van der Waals surface area contributed by atoms with Crippen LogP contribution >= 0.6 is 0 Å². The molecule has 2 heterocycles. The van der Waals surface area contributed by atoms with Crippen LogP contribution in [-0.2, 0) is 19.1 Å². The molecule has 2 aliphatic heterocycles. The fraction of sp³-hybridized carbons (Fsp3) is 0.733. The summed E-state index contributed by atoms with van der Waals surface area (Å²) < 4.78 is 10.2. The third kappa shape index (κ3) is 1.15. The lowest BCUT2D eigenvalue weighted by molar-refractivity contribution is -0.234. The summed E-state index contributed by atoms with van der Waals surface area (Å²) in [5.74, 6) is -2.13. The molecular formula is C15H18O7. The first-order valence-corrected chi connectivity index (χ1v) is 7.38. The molecule has 2 saturated heterocycles. The van der Waals surface area contributed by atoms with Crippen LogP contribution in [0.5, 0.6) is 0 Å². The second-order valence-corrected chi connectivity index (χ2v) is 7.11.